The Bertz CT molecular complexity index is 1290. The lowest BCUT2D eigenvalue weighted by atomic mass is 9.85. The number of hydrogen-bond acceptors (Lipinski definition) is 12. The number of aryl methyl sites for hydroxylation is 1. The molecule has 3 rings (SSSR count). The normalized spacial score (nSPS) is 16.6. The van der Waals surface area contributed by atoms with Crippen molar-refractivity contribution in [3.63, 3.8) is 0 Å². The average molecular weight is 744 g/mol. The van der Waals surface area contributed by atoms with Crippen molar-refractivity contribution in [1.29, 1.82) is 0 Å². The Labute approximate surface area is 305 Å². The van der Waals surface area contributed by atoms with Gasteiger partial charge in [0.1, 0.15) is 18.7 Å². The lowest BCUT2D eigenvalue weighted by molar-refractivity contribution is -0.144. The van der Waals surface area contributed by atoms with Crippen LogP contribution in [-0.2, 0) is 44.6 Å². The van der Waals surface area contributed by atoms with Gasteiger partial charge in [-0.15, -0.1) is 23.7 Å². The van der Waals surface area contributed by atoms with E-state index in [1.165, 1.54) is 4.90 Å². The van der Waals surface area contributed by atoms with Crippen molar-refractivity contribution in [2.24, 2.45) is 11.1 Å². The molecule has 16 heteroatoms. The SMILES string of the molecule is Cc1ncsc1-c1ccc(CNC(=O)[C@@H]2C[C@@H](O)CN2C(=O)[C@@H](NC(=O)COCCOCCOCCOCCOCCN)C(C)(C)C)cc1.Cl. The number of rotatable bonds is 22. The Hall–Kier alpha value is -2.73. The van der Waals surface area contributed by atoms with Crippen LogP contribution in [0.1, 0.15) is 38.4 Å². The molecule has 0 aliphatic carbocycles. The smallest absolute Gasteiger partial charge is 0.246 e. The van der Waals surface area contributed by atoms with Crippen molar-refractivity contribution >= 4 is 41.5 Å². The zero-order valence-corrected chi connectivity index (χ0v) is 31.2. The van der Waals surface area contributed by atoms with Crippen LogP contribution in [-0.4, -0.2) is 130 Å². The van der Waals surface area contributed by atoms with Crippen LogP contribution in [0.5, 0.6) is 0 Å². The van der Waals surface area contributed by atoms with Gasteiger partial charge in [-0.25, -0.2) is 4.98 Å². The zero-order valence-electron chi connectivity index (χ0n) is 29.5. The quantitative estimate of drug-likeness (QED) is 0.129. The summed E-state index contributed by atoms with van der Waals surface area (Å²) < 4.78 is 26.9. The number of nitrogens with two attached hydrogens (primary N) is 1. The number of aliphatic hydroxyl groups is 1. The molecule has 1 aromatic carbocycles. The van der Waals surface area contributed by atoms with Crippen LogP contribution in [0.15, 0.2) is 29.8 Å². The van der Waals surface area contributed by atoms with E-state index in [2.05, 4.69) is 15.6 Å². The van der Waals surface area contributed by atoms with Gasteiger partial charge in [0.15, 0.2) is 0 Å². The van der Waals surface area contributed by atoms with Crippen LogP contribution < -0.4 is 16.4 Å². The van der Waals surface area contributed by atoms with E-state index in [9.17, 15) is 19.5 Å². The lowest BCUT2D eigenvalue weighted by Crippen LogP contribution is -2.58. The maximum atomic E-state index is 13.8. The van der Waals surface area contributed by atoms with Crippen LogP contribution in [0.25, 0.3) is 10.4 Å². The van der Waals surface area contributed by atoms with E-state index in [0.717, 1.165) is 21.7 Å². The summed E-state index contributed by atoms with van der Waals surface area (Å²) in [7, 11) is 0. The summed E-state index contributed by atoms with van der Waals surface area (Å²) in [6.45, 7) is 11.6. The van der Waals surface area contributed by atoms with Crippen molar-refractivity contribution < 1.29 is 43.2 Å². The highest BCUT2D eigenvalue weighted by molar-refractivity contribution is 7.13. The van der Waals surface area contributed by atoms with Crippen LogP contribution in [0, 0.1) is 12.3 Å². The van der Waals surface area contributed by atoms with Crippen molar-refractivity contribution in [3.8, 4) is 10.4 Å². The van der Waals surface area contributed by atoms with Crippen LogP contribution in [0.3, 0.4) is 0 Å². The minimum absolute atomic E-state index is 0. The highest BCUT2D eigenvalue weighted by Crippen LogP contribution is 2.28. The average Bonchev–Trinajstić information content (AvgIpc) is 3.68. The fourth-order valence-corrected chi connectivity index (χ4v) is 5.92. The number of hydrogen-bond donors (Lipinski definition) is 4. The minimum atomic E-state index is -0.942. The highest BCUT2D eigenvalue weighted by Gasteiger charge is 2.44. The topological polar surface area (TPSA) is 184 Å². The second kappa shape index (κ2) is 23.0. The van der Waals surface area contributed by atoms with Gasteiger partial charge in [0, 0.05) is 26.1 Å². The fraction of sp³-hybridized carbons (Fsp3) is 0.647. The molecule has 0 unspecified atom stereocenters. The number of nitrogens with one attached hydrogen (secondary N) is 2. The fourth-order valence-electron chi connectivity index (χ4n) is 5.11. The van der Waals surface area contributed by atoms with Gasteiger partial charge in [-0.05, 0) is 23.5 Å². The molecule has 1 aromatic heterocycles. The zero-order chi connectivity index (χ0) is 35.6. The molecule has 2 heterocycles. The Morgan fingerprint density at radius 2 is 1.52 bits per heavy atom. The molecule has 3 atom stereocenters. The number of carbonyl (C=O) groups excluding carboxylic acids is 3. The number of aromatic nitrogens is 1. The summed E-state index contributed by atoms with van der Waals surface area (Å²) in [5.74, 6) is -1.27. The number of benzene rings is 1. The first kappa shape index (κ1) is 43.4. The standard InChI is InChI=1S/C34H53N5O9S.ClH/c1-24-30(49-23-37-24)26-7-5-25(6-8-26)20-36-32(42)28-19-27(40)21-39(28)33(43)31(34(2,3)4)38-29(41)22-48-18-17-47-16-15-46-14-13-45-12-11-44-10-9-35;/h5-8,23,27-28,31,40H,9-22,35H2,1-4H3,(H,36,42)(H,38,41);1H/t27-,28+,31-;/m1./s1. The second-order valence-electron chi connectivity index (χ2n) is 12.7. The summed E-state index contributed by atoms with van der Waals surface area (Å²) >= 11 is 1.57. The molecule has 0 radical (unpaired) electrons. The number of amides is 3. The van der Waals surface area contributed by atoms with Crippen LogP contribution in [0.2, 0.25) is 0 Å². The van der Waals surface area contributed by atoms with E-state index in [0.29, 0.717) is 52.8 Å². The third kappa shape index (κ3) is 14.9. The van der Waals surface area contributed by atoms with E-state index >= 15 is 0 Å². The summed E-state index contributed by atoms with van der Waals surface area (Å²) in [5.41, 5.74) is 9.40. The van der Waals surface area contributed by atoms with Crippen LogP contribution >= 0.6 is 23.7 Å². The molecule has 50 heavy (non-hydrogen) atoms. The maximum Gasteiger partial charge on any atom is 0.246 e. The summed E-state index contributed by atoms with van der Waals surface area (Å²) in [5, 5.41) is 16.1. The van der Waals surface area contributed by atoms with E-state index in [1.807, 2.05) is 57.5 Å². The molecular formula is C34H54ClN5O9S. The van der Waals surface area contributed by atoms with Crippen molar-refractivity contribution in [2.75, 3.05) is 79.2 Å². The van der Waals surface area contributed by atoms with Gasteiger partial charge < -0.3 is 50.1 Å². The van der Waals surface area contributed by atoms with Gasteiger partial charge in [-0.3, -0.25) is 14.4 Å². The minimum Gasteiger partial charge on any atom is -0.391 e. The molecule has 3 amide bonds. The molecule has 14 nitrogen and oxygen atoms in total. The van der Waals surface area contributed by atoms with Gasteiger partial charge in [0.05, 0.1) is 81.6 Å². The Balaban J connectivity index is 0.00000867. The number of halogens is 1. The lowest BCUT2D eigenvalue weighted by Gasteiger charge is -2.35. The summed E-state index contributed by atoms with van der Waals surface area (Å²) in [6, 6.07) is 6.06. The number of thiazole rings is 1. The van der Waals surface area contributed by atoms with Gasteiger partial charge in [-0.2, -0.15) is 0 Å². The van der Waals surface area contributed by atoms with E-state index in [4.69, 9.17) is 29.4 Å². The van der Waals surface area contributed by atoms with Crippen molar-refractivity contribution in [3.05, 3.63) is 41.0 Å². The first-order chi connectivity index (χ1) is 23.5. The van der Waals surface area contributed by atoms with E-state index < -0.39 is 35.4 Å². The largest absolute Gasteiger partial charge is 0.391 e. The molecule has 282 valence electrons. The van der Waals surface area contributed by atoms with Crippen LogP contribution in [0.4, 0.5) is 0 Å². The molecule has 1 aliphatic heterocycles. The van der Waals surface area contributed by atoms with Gasteiger partial charge in [-0.1, -0.05) is 45.0 Å². The van der Waals surface area contributed by atoms with Gasteiger partial charge >= 0.3 is 0 Å². The van der Waals surface area contributed by atoms with E-state index in [1.54, 1.807) is 11.3 Å². The number of likely N-dealkylation sites (tertiary alicyclic amines) is 1. The maximum absolute atomic E-state index is 13.8. The molecule has 5 N–H and O–H groups in total. The molecule has 0 spiro atoms. The predicted molar refractivity (Wildman–Crippen MR) is 192 cm³/mol. The molecular weight excluding hydrogens is 690 g/mol. The number of carbonyl (C=O) groups is 3. The highest BCUT2D eigenvalue weighted by atomic mass is 35.5. The number of aliphatic hydroxyl groups excluding tert-OH is 1. The third-order valence-electron chi connectivity index (χ3n) is 7.69. The first-order valence-electron chi connectivity index (χ1n) is 16.6. The predicted octanol–water partition coefficient (Wildman–Crippen LogP) is 1.69. The molecule has 1 saturated heterocycles. The molecule has 1 aliphatic rings. The van der Waals surface area contributed by atoms with Gasteiger partial charge in [0.25, 0.3) is 0 Å². The number of β-amino-alcohol motifs (C(OH)–C–C–N with tert-alkyl or cyclic N) is 1. The Morgan fingerprint density at radius 1 is 0.960 bits per heavy atom. The van der Waals surface area contributed by atoms with E-state index in [-0.39, 0.29) is 57.6 Å². The van der Waals surface area contributed by atoms with Gasteiger partial charge in [0.2, 0.25) is 17.7 Å². The summed E-state index contributed by atoms with van der Waals surface area (Å²) in [4.78, 5) is 46.6. The summed E-state index contributed by atoms with van der Waals surface area (Å²) in [6.07, 6.45) is -0.745. The number of nitrogens with zero attached hydrogens (tertiary/aromatic N) is 2. The monoisotopic (exact) mass is 743 g/mol. The second-order valence-corrected chi connectivity index (χ2v) is 13.6. The number of ether oxygens (including phenoxy) is 5. The third-order valence-corrected chi connectivity index (χ3v) is 8.67. The molecule has 1 fully saturated rings. The van der Waals surface area contributed by atoms with Crippen molar-refractivity contribution in [2.45, 2.75) is 58.8 Å². The molecule has 0 saturated carbocycles. The van der Waals surface area contributed by atoms with Crippen molar-refractivity contribution in [1.82, 2.24) is 20.5 Å². The Kier molecular flexibility index (Phi) is 19.9. The first-order valence-corrected chi connectivity index (χ1v) is 17.5. The molecule has 2 aromatic rings. The molecule has 0 bridgehead atoms. The Morgan fingerprint density at radius 3 is 2.04 bits per heavy atom.